The summed E-state index contributed by atoms with van der Waals surface area (Å²) in [6.07, 6.45) is 0. The maximum atomic E-state index is 13.0. The topological polar surface area (TPSA) is 64.2 Å². The maximum absolute atomic E-state index is 13.0. The molecule has 0 saturated carbocycles. The highest BCUT2D eigenvalue weighted by molar-refractivity contribution is 5.83. The molecule has 126 valence electrons. The second kappa shape index (κ2) is 7.59. The summed E-state index contributed by atoms with van der Waals surface area (Å²) in [7, 11) is 3.01. The van der Waals surface area contributed by atoms with Gasteiger partial charge in [-0.05, 0) is 30.3 Å². The second-order valence-electron chi connectivity index (χ2n) is 4.65. The second-order valence-corrected chi connectivity index (χ2v) is 4.65. The first-order chi connectivity index (χ1) is 11.6. The normalized spacial score (nSPS) is 10.0. The number of fused-ring (bicyclic) bond motifs is 1. The molecule has 1 aromatic heterocycles. The van der Waals surface area contributed by atoms with Crippen molar-refractivity contribution in [2.45, 2.75) is 13.8 Å². The molecule has 1 heterocycles. The predicted octanol–water partition coefficient (Wildman–Crippen LogP) is 3.77. The number of rotatable bonds is 3. The Morgan fingerprint density at radius 1 is 1.00 bits per heavy atom. The van der Waals surface area contributed by atoms with Gasteiger partial charge in [0.2, 0.25) is 0 Å². The lowest BCUT2D eigenvalue weighted by Gasteiger charge is -2.09. The molecule has 6 heteroatoms. The van der Waals surface area contributed by atoms with E-state index in [4.69, 9.17) is 9.47 Å². The van der Waals surface area contributed by atoms with Crippen LogP contribution in [0.15, 0.2) is 41.2 Å². The summed E-state index contributed by atoms with van der Waals surface area (Å²) in [4.78, 5) is 19.3. The van der Waals surface area contributed by atoms with Gasteiger partial charge in [-0.2, -0.15) is 0 Å². The minimum atomic E-state index is -0.349. The number of aromatic nitrogens is 2. The van der Waals surface area contributed by atoms with Crippen LogP contribution in [-0.4, -0.2) is 24.2 Å². The highest BCUT2D eigenvalue weighted by Gasteiger charge is 2.11. The van der Waals surface area contributed by atoms with Crippen molar-refractivity contribution in [1.29, 1.82) is 0 Å². The van der Waals surface area contributed by atoms with Crippen LogP contribution in [0, 0.1) is 5.82 Å². The van der Waals surface area contributed by atoms with Crippen molar-refractivity contribution in [3.8, 4) is 22.9 Å². The van der Waals surface area contributed by atoms with Gasteiger partial charge in [0, 0.05) is 11.6 Å². The standard InChI is InChI=1S/C16H13FN2O3.C2H6/c1-21-13-7-11-12(8-14(13)22-2)18-15(19-16(11)20)9-3-5-10(17)6-4-9;1-2/h3-8H,1-2H3,(H,18,19,20);1-2H3. The van der Waals surface area contributed by atoms with E-state index in [0.717, 1.165) is 0 Å². The van der Waals surface area contributed by atoms with Crippen molar-refractivity contribution >= 4 is 10.9 Å². The van der Waals surface area contributed by atoms with Gasteiger partial charge in [0.15, 0.2) is 11.5 Å². The van der Waals surface area contributed by atoms with Crippen molar-refractivity contribution < 1.29 is 13.9 Å². The third-order valence-corrected chi connectivity index (χ3v) is 3.33. The van der Waals surface area contributed by atoms with Crippen LogP contribution in [0.5, 0.6) is 11.5 Å². The molecule has 24 heavy (non-hydrogen) atoms. The Hall–Kier alpha value is -2.89. The van der Waals surface area contributed by atoms with E-state index < -0.39 is 0 Å². The zero-order chi connectivity index (χ0) is 17.7. The molecule has 0 bridgehead atoms. The number of hydrogen-bond acceptors (Lipinski definition) is 4. The molecule has 0 atom stereocenters. The highest BCUT2D eigenvalue weighted by atomic mass is 19.1. The Balaban J connectivity index is 0.00000100. The van der Waals surface area contributed by atoms with Gasteiger partial charge >= 0.3 is 0 Å². The minimum Gasteiger partial charge on any atom is -0.493 e. The number of halogens is 1. The summed E-state index contributed by atoms with van der Waals surface area (Å²) < 4.78 is 23.4. The molecule has 0 radical (unpaired) electrons. The maximum Gasteiger partial charge on any atom is 0.259 e. The van der Waals surface area contributed by atoms with Gasteiger partial charge in [-0.15, -0.1) is 0 Å². The van der Waals surface area contributed by atoms with Gasteiger partial charge in [0.25, 0.3) is 5.56 Å². The highest BCUT2D eigenvalue weighted by Crippen LogP contribution is 2.30. The fraction of sp³-hybridized carbons (Fsp3) is 0.222. The molecule has 0 unspecified atom stereocenters. The lowest BCUT2D eigenvalue weighted by atomic mass is 10.1. The summed E-state index contributed by atoms with van der Waals surface area (Å²) >= 11 is 0. The van der Waals surface area contributed by atoms with Gasteiger partial charge in [-0.3, -0.25) is 4.79 Å². The van der Waals surface area contributed by atoms with Gasteiger partial charge in [-0.1, -0.05) is 13.8 Å². The van der Waals surface area contributed by atoms with Crippen LogP contribution >= 0.6 is 0 Å². The number of H-pyrrole nitrogens is 1. The van der Waals surface area contributed by atoms with Crippen molar-refractivity contribution in [2.75, 3.05) is 14.2 Å². The van der Waals surface area contributed by atoms with Crippen molar-refractivity contribution in [3.63, 3.8) is 0 Å². The Labute approximate surface area is 139 Å². The molecule has 0 aliphatic heterocycles. The van der Waals surface area contributed by atoms with Gasteiger partial charge in [-0.25, -0.2) is 9.37 Å². The van der Waals surface area contributed by atoms with E-state index in [9.17, 15) is 9.18 Å². The molecule has 0 amide bonds. The largest absolute Gasteiger partial charge is 0.493 e. The average molecular weight is 330 g/mol. The number of nitrogens with one attached hydrogen (secondary N) is 1. The lowest BCUT2D eigenvalue weighted by Crippen LogP contribution is -2.10. The molecule has 3 rings (SSSR count). The number of aromatic amines is 1. The van der Waals surface area contributed by atoms with Crippen LogP contribution < -0.4 is 15.0 Å². The van der Waals surface area contributed by atoms with Crippen LogP contribution in [0.4, 0.5) is 4.39 Å². The number of benzene rings is 2. The first-order valence-corrected chi connectivity index (χ1v) is 7.54. The van der Waals surface area contributed by atoms with Crippen LogP contribution in [0.1, 0.15) is 13.8 Å². The SMILES string of the molecule is CC.COc1cc2nc(-c3ccc(F)cc3)[nH]c(=O)c2cc1OC. The molecule has 0 fully saturated rings. The summed E-state index contributed by atoms with van der Waals surface area (Å²) in [5.41, 5.74) is 0.793. The average Bonchev–Trinajstić information content (AvgIpc) is 2.62. The van der Waals surface area contributed by atoms with Crippen LogP contribution in [0.3, 0.4) is 0 Å². The van der Waals surface area contributed by atoms with E-state index in [1.165, 1.54) is 26.4 Å². The minimum absolute atomic E-state index is 0.301. The Bertz CT molecular complexity index is 889. The number of hydrogen-bond donors (Lipinski definition) is 1. The summed E-state index contributed by atoms with van der Waals surface area (Å²) in [5, 5.41) is 0.392. The number of nitrogens with zero attached hydrogens (tertiary/aromatic N) is 1. The molecule has 5 nitrogen and oxygen atoms in total. The molecule has 1 N–H and O–H groups in total. The van der Waals surface area contributed by atoms with Crippen LogP contribution in [-0.2, 0) is 0 Å². The fourth-order valence-corrected chi connectivity index (χ4v) is 2.21. The molecule has 0 spiro atoms. The third kappa shape index (κ3) is 3.37. The van der Waals surface area contributed by atoms with E-state index in [1.54, 1.807) is 24.3 Å². The Morgan fingerprint density at radius 3 is 2.17 bits per heavy atom. The Morgan fingerprint density at radius 2 is 1.58 bits per heavy atom. The van der Waals surface area contributed by atoms with Crippen LogP contribution in [0.2, 0.25) is 0 Å². The Kier molecular flexibility index (Phi) is 5.52. The van der Waals surface area contributed by atoms with Crippen LogP contribution in [0.25, 0.3) is 22.3 Å². The number of methoxy groups -OCH3 is 2. The van der Waals surface area contributed by atoms with E-state index in [0.29, 0.717) is 33.8 Å². The first kappa shape index (κ1) is 17.5. The van der Waals surface area contributed by atoms with Crippen molar-refractivity contribution in [2.24, 2.45) is 0 Å². The fourth-order valence-electron chi connectivity index (χ4n) is 2.21. The molecule has 0 aliphatic carbocycles. The van der Waals surface area contributed by atoms with E-state index in [2.05, 4.69) is 9.97 Å². The van der Waals surface area contributed by atoms with Gasteiger partial charge in [0.1, 0.15) is 11.6 Å². The molecule has 0 aliphatic rings. The molecule has 0 saturated heterocycles. The zero-order valence-electron chi connectivity index (χ0n) is 14.0. The smallest absolute Gasteiger partial charge is 0.259 e. The summed E-state index contributed by atoms with van der Waals surface area (Å²) in [5.74, 6) is 0.956. The van der Waals surface area contributed by atoms with Crippen molar-refractivity contribution in [3.05, 3.63) is 52.6 Å². The monoisotopic (exact) mass is 330 g/mol. The zero-order valence-corrected chi connectivity index (χ0v) is 14.0. The van der Waals surface area contributed by atoms with Crippen molar-refractivity contribution in [1.82, 2.24) is 9.97 Å². The van der Waals surface area contributed by atoms with E-state index in [1.807, 2.05) is 13.8 Å². The summed E-state index contributed by atoms with van der Waals surface area (Å²) in [6.45, 7) is 4.00. The predicted molar refractivity (Wildman–Crippen MR) is 92.2 cm³/mol. The third-order valence-electron chi connectivity index (χ3n) is 3.33. The molecule has 2 aromatic carbocycles. The quantitative estimate of drug-likeness (QED) is 0.794. The molecule has 3 aromatic rings. The summed E-state index contributed by atoms with van der Waals surface area (Å²) in [6, 6.07) is 8.95. The van der Waals surface area contributed by atoms with Gasteiger partial charge in [0.05, 0.1) is 25.1 Å². The first-order valence-electron chi connectivity index (χ1n) is 7.54. The lowest BCUT2D eigenvalue weighted by molar-refractivity contribution is 0.355. The number of ether oxygens (including phenoxy) is 2. The molecular weight excluding hydrogens is 311 g/mol. The van der Waals surface area contributed by atoms with E-state index in [-0.39, 0.29) is 11.4 Å². The van der Waals surface area contributed by atoms with E-state index >= 15 is 0 Å². The molecular formula is C18H19FN2O3. The van der Waals surface area contributed by atoms with Gasteiger partial charge < -0.3 is 14.5 Å².